The third kappa shape index (κ3) is 7.96. The lowest BCUT2D eigenvalue weighted by atomic mass is 10.1. The Labute approximate surface area is 227 Å². The molecule has 0 radical (unpaired) electrons. The second-order valence-electron chi connectivity index (χ2n) is 10.0. The van der Waals surface area contributed by atoms with Crippen molar-refractivity contribution in [2.45, 2.75) is 77.4 Å². The van der Waals surface area contributed by atoms with E-state index in [-0.39, 0.29) is 30.8 Å². The molecule has 2 aromatic carbocycles. The number of hydrogen-bond acceptors (Lipinski definition) is 5. The van der Waals surface area contributed by atoms with Gasteiger partial charge in [-0.3, -0.25) is 13.9 Å². The van der Waals surface area contributed by atoms with Crippen molar-refractivity contribution in [3.05, 3.63) is 59.7 Å². The summed E-state index contributed by atoms with van der Waals surface area (Å²) < 4.78 is 31.9. The van der Waals surface area contributed by atoms with Crippen molar-refractivity contribution in [3.8, 4) is 5.75 Å². The molecule has 208 valence electrons. The second kappa shape index (κ2) is 13.6. The zero-order valence-electron chi connectivity index (χ0n) is 23.0. The zero-order valence-corrected chi connectivity index (χ0v) is 23.8. The van der Waals surface area contributed by atoms with Crippen LogP contribution in [0.15, 0.2) is 48.5 Å². The highest BCUT2D eigenvalue weighted by Gasteiger charge is 2.31. The smallest absolute Gasteiger partial charge is 0.243 e. The van der Waals surface area contributed by atoms with Crippen LogP contribution in [0.5, 0.6) is 5.75 Å². The molecular weight excluding hydrogens is 502 g/mol. The number of para-hydroxylation sites is 2. The number of carbonyl (C=O) groups is 2. The number of rotatable bonds is 13. The Morgan fingerprint density at radius 2 is 1.82 bits per heavy atom. The maximum atomic E-state index is 13.6. The van der Waals surface area contributed by atoms with Gasteiger partial charge in [0, 0.05) is 25.6 Å². The minimum Gasteiger partial charge on any atom is -0.495 e. The Morgan fingerprint density at radius 1 is 1.11 bits per heavy atom. The lowest BCUT2D eigenvalue weighted by Gasteiger charge is -2.32. The molecule has 2 amide bonds. The largest absolute Gasteiger partial charge is 0.495 e. The van der Waals surface area contributed by atoms with Crippen molar-refractivity contribution in [1.29, 1.82) is 0 Å². The summed E-state index contributed by atoms with van der Waals surface area (Å²) in [6.07, 6.45) is 6.21. The summed E-state index contributed by atoms with van der Waals surface area (Å²) in [7, 11) is -2.11. The fraction of sp³-hybridized carbons (Fsp3) is 0.517. The molecular formula is C29H41N3O5S. The van der Waals surface area contributed by atoms with Gasteiger partial charge in [0.25, 0.3) is 0 Å². The number of carbonyl (C=O) groups excluding carboxylic acids is 2. The predicted octanol–water partition coefficient (Wildman–Crippen LogP) is 4.42. The van der Waals surface area contributed by atoms with Crippen molar-refractivity contribution in [2.24, 2.45) is 0 Å². The van der Waals surface area contributed by atoms with Crippen LogP contribution in [-0.4, -0.2) is 57.1 Å². The van der Waals surface area contributed by atoms with Crippen LogP contribution in [0, 0.1) is 6.92 Å². The zero-order chi connectivity index (χ0) is 27.7. The van der Waals surface area contributed by atoms with Crippen LogP contribution in [0.3, 0.4) is 0 Å². The predicted molar refractivity (Wildman–Crippen MR) is 151 cm³/mol. The Morgan fingerprint density at radius 3 is 2.45 bits per heavy atom. The van der Waals surface area contributed by atoms with E-state index in [9.17, 15) is 18.0 Å². The molecule has 0 aromatic heterocycles. The molecule has 1 N–H and O–H groups in total. The van der Waals surface area contributed by atoms with Crippen molar-refractivity contribution in [2.75, 3.05) is 24.2 Å². The quantitative estimate of drug-likeness (QED) is 0.404. The van der Waals surface area contributed by atoms with Gasteiger partial charge in [0.05, 0.1) is 19.1 Å². The molecule has 8 nitrogen and oxygen atoms in total. The summed E-state index contributed by atoms with van der Waals surface area (Å²) in [5.41, 5.74) is 2.47. The molecule has 38 heavy (non-hydrogen) atoms. The first kappa shape index (κ1) is 29.5. The summed E-state index contributed by atoms with van der Waals surface area (Å²) in [6.45, 7) is 4.35. The molecule has 0 heterocycles. The number of nitrogens with zero attached hydrogens (tertiary/aromatic N) is 2. The number of aryl methyl sites for hydroxylation is 1. The Kier molecular flexibility index (Phi) is 10.6. The average molecular weight is 544 g/mol. The van der Waals surface area contributed by atoms with Crippen LogP contribution in [0.25, 0.3) is 0 Å². The van der Waals surface area contributed by atoms with Crippen molar-refractivity contribution >= 4 is 27.5 Å². The number of sulfonamides is 1. The van der Waals surface area contributed by atoms with Crippen LogP contribution in [-0.2, 0) is 26.2 Å². The molecule has 0 bridgehead atoms. The van der Waals surface area contributed by atoms with Gasteiger partial charge in [-0.2, -0.15) is 0 Å². The number of anilines is 1. The molecule has 1 aliphatic rings. The van der Waals surface area contributed by atoms with Gasteiger partial charge >= 0.3 is 0 Å². The van der Waals surface area contributed by atoms with E-state index < -0.39 is 16.1 Å². The minimum absolute atomic E-state index is 0.111. The van der Waals surface area contributed by atoms with E-state index in [2.05, 4.69) is 5.32 Å². The highest BCUT2D eigenvalue weighted by atomic mass is 32.2. The maximum absolute atomic E-state index is 13.6. The summed E-state index contributed by atoms with van der Waals surface area (Å²) in [5.74, 6) is 0.153. The number of methoxy groups -OCH3 is 1. The first-order valence-electron chi connectivity index (χ1n) is 13.4. The molecule has 1 unspecified atom stereocenters. The van der Waals surface area contributed by atoms with E-state index in [0.717, 1.165) is 43.1 Å². The molecule has 1 aliphatic carbocycles. The third-order valence-corrected chi connectivity index (χ3v) is 8.21. The van der Waals surface area contributed by atoms with Gasteiger partial charge in [-0.05, 0) is 50.3 Å². The standard InChI is InChI=1S/C29H41N3O5S/c1-5-25(29(34)30-24-14-6-7-15-24)31(21-23-13-10-12-22(2)20-23)28(33)18-11-19-32(38(4,35)36)26-16-8-9-17-27(26)37-3/h8-10,12-13,16-17,20,24-25H,5-7,11,14-15,18-19,21H2,1-4H3,(H,30,34). The molecule has 0 aliphatic heterocycles. The highest BCUT2D eigenvalue weighted by Crippen LogP contribution is 2.30. The number of nitrogens with one attached hydrogen (secondary N) is 1. The molecule has 0 spiro atoms. The van der Waals surface area contributed by atoms with Gasteiger partial charge in [-0.15, -0.1) is 0 Å². The summed E-state index contributed by atoms with van der Waals surface area (Å²) in [5, 5.41) is 3.16. The van der Waals surface area contributed by atoms with E-state index in [0.29, 0.717) is 30.8 Å². The van der Waals surface area contributed by atoms with Gasteiger partial charge < -0.3 is 15.0 Å². The van der Waals surface area contributed by atoms with Gasteiger partial charge in [-0.1, -0.05) is 61.7 Å². The summed E-state index contributed by atoms with van der Waals surface area (Å²) in [4.78, 5) is 28.6. The summed E-state index contributed by atoms with van der Waals surface area (Å²) in [6, 6.07) is 14.4. The van der Waals surface area contributed by atoms with Gasteiger partial charge in [0.15, 0.2) is 0 Å². The van der Waals surface area contributed by atoms with E-state index in [1.165, 1.54) is 11.4 Å². The van der Waals surface area contributed by atoms with Gasteiger partial charge in [-0.25, -0.2) is 8.42 Å². The van der Waals surface area contributed by atoms with Gasteiger partial charge in [0.1, 0.15) is 11.8 Å². The molecule has 2 aromatic rings. The van der Waals surface area contributed by atoms with Crippen molar-refractivity contribution in [1.82, 2.24) is 10.2 Å². The maximum Gasteiger partial charge on any atom is 0.243 e. The number of amides is 2. The van der Waals surface area contributed by atoms with Crippen LogP contribution in [0.2, 0.25) is 0 Å². The van der Waals surface area contributed by atoms with Crippen LogP contribution >= 0.6 is 0 Å². The highest BCUT2D eigenvalue weighted by molar-refractivity contribution is 7.92. The topological polar surface area (TPSA) is 96.0 Å². The molecule has 1 saturated carbocycles. The molecule has 1 fully saturated rings. The van der Waals surface area contributed by atoms with E-state index in [1.807, 2.05) is 38.1 Å². The Hall–Kier alpha value is -3.07. The van der Waals surface area contributed by atoms with Crippen LogP contribution < -0.4 is 14.4 Å². The van der Waals surface area contributed by atoms with E-state index in [4.69, 9.17) is 4.74 Å². The molecule has 9 heteroatoms. The average Bonchev–Trinajstić information content (AvgIpc) is 3.38. The van der Waals surface area contributed by atoms with Crippen LogP contribution in [0.1, 0.15) is 63.0 Å². The number of benzene rings is 2. The van der Waals surface area contributed by atoms with E-state index in [1.54, 1.807) is 29.2 Å². The monoisotopic (exact) mass is 543 g/mol. The van der Waals surface area contributed by atoms with Crippen molar-refractivity contribution in [3.63, 3.8) is 0 Å². The lowest BCUT2D eigenvalue weighted by molar-refractivity contribution is -0.141. The van der Waals surface area contributed by atoms with E-state index >= 15 is 0 Å². The fourth-order valence-corrected chi connectivity index (χ4v) is 6.08. The SMILES string of the molecule is CCC(C(=O)NC1CCCC1)N(Cc1cccc(C)c1)C(=O)CCCN(c1ccccc1OC)S(C)(=O)=O. The summed E-state index contributed by atoms with van der Waals surface area (Å²) >= 11 is 0. The molecule has 3 rings (SSSR count). The number of hydrogen-bond donors (Lipinski definition) is 1. The molecule has 1 atom stereocenters. The first-order chi connectivity index (χ1) is 18.1. The Balaban J connectivity index is 1.77. The fourth-order valence-electron chi connectivity index (χ4n) is 5.11. The third-order valence-electron chi connectivity index (χ3n) is 7.03. The molecule has 0 saturated heterocycles. The van der Waals surface area contributed by atoms with Gasteiger partial charge in [0.2, 0.25) is 21.8 Å². The Bertz CT molecular complexity index is 1190. The first-order valence-corrected chi connectivity index (χ1v) is 15.2. The number of ether oxygens (including phenoxy) is 1. The normalized spacial score (nSPS) is 14.6. The lowest BCUT2D eigenvalue weighted by Crippen LogP contribution is -2.51. The minimum atomic E-state index is -3.61. The second-order valence-corrected chi connectivity index (χ2v) is 11.9. The van der Waals surface area contributed by atoms with Crippen LogP contribution in [0.4, 0.5) is 5.69 Å². The van der Waals surface area contributed by atoms with Crippen molar-refractivity contribution < 1.29 is 22.7 Å².